The number of halogens is 1. The lowest BCUT2D eigenvalue weighted by Crippen LogP contribution is -2.51. The fourth-order valence-electron chi connectivity index (χ4n) is 4.39. The molecule has 0 bridgehead atoms. The number of rotatable bonds is 7. The van der Waals surface area contributed by atoms with E-state index in [1.165, 1.54) is 11.6 Å². The minimum atomic E-state index is -0.215. The summed E-state index contributed by atoms with van der Waals surface area (Å²) in [5.41, 5.74) is 2.68. The Hall–Kier alpha value is -2.24. The molecule has 1 N–H and O–H groups in total. The maximum atomic E-state index is 14.7. The van der Waals surface area contributed by atoms with Crippen LogP contribution in [-0.2, 0) is 17.8 Å². The molecule has 1 saturated carbocycles. The van der Waals surface area contributed by atoms with Crippen LogP contribution >= 0.6 is 0 Å². The number of carbonyl (C=O) groups is 1. The Labute approximate surface area is 172 Å². The van der Waals surface area contributed by atoms with Crippen molar-refractivity contribution in [3.8, 4) is 0 Å². The van der Waals surface area contributed by atoms with E-state index in [1.54, 1.807) is 6.07 Å². The van der Waals surface area contributed by atoms with Gasteiger partial charge in [0, 0.05) is 55.9 Å². The summed E-state index contributed by atoms with van der Waals surface area (Å²) in [6.07, 6.45) is 3.25. The highest BCUT2D eigenvalue weighted by atomic mass is 19.1. The SMILES string of the molecule is CCC(=O)Nc1cccc(F)c1CC1(N2CCN(Cc3ccccc3)CC2)CC1. The zero-order valence-corrected chi connectivity index (χ0v) is 17.2. The van der Waals surface area contributed by atoms with Gasteiger partial charge in [-0.1, -0.05) is 43.3 Å². The molecule has 1 saturated heterocycles. The normalized spacial score (nSPS) is 19.1. The molecule has 0 radical (unpaired) electrons. The Kier molecular flexibility index (Phi) is 5.97. The molecule has 0 aromatic heterocycles. The molecule has 5 heteroatoms. The van der Waals surface area contributed by atoms with Gasteiger partial charge in [-0.3, -0.25) is 14.6 Å². The number of benzene rings is 2. The fourth-order valence-corrected chi connectivity index (χ4v) is 4.39. The zero-order chi connectivity index (χ0) is 20.3. The molecule has 4 rings (SSSR count). The molecule has 2 aliphatic rings. The van der Waals surface area contributed by atoms with Gasteiger partial charge < -0.3 is 5.32 Å². The first-order chi connectivity index (χ1) is 14.1. The summed E-state index contributed by atoms with van der Waals surface area (Å²) in [7, 11) is 0. The number of hydrogen-bond donors (Lipinski definition) is 1. The van der Waals surface area contributed by atoms with Crippen molar-refractivity contribution in [2.24, 2.45) is 0 Å². The smallest absolute Gasteiger partial charge is 0.224 e. The van der Waals surface area contributed by atoms with Gasteiger partial charge in [0.1, 0.15) is 5.82 Å². The second-order valence-corrected chi connectivity index (χ2v) is 8.32. The van der Waals surface area contributed by atoms with Crippen LogP contribution in [0.5, 0.6) is 0 Å². The van der Waals surface area contributed by atoms with Crippen LogP contribution in [-0.4, -0.2) is 47.4 Å². The third kappa shape index (κ3) is 4.68. The van der Waals surface area contributed by atoms with Crippen LogP contribution in [0.3, 0.4) is 0 Å². The number of nitrogens with zero attached hydrogens (tertiary/aromatic N) is 2. The quantitative estimate of drug-likeness (QED) is 0.768. The standard InChI is InChI=1S/C24H30FN3O/c1-2-23(29)26-22-10-6-9-21(25)20(22)17-24(11-12-24)28-15-13-27(14-16-28)18-19-7-4-3-5-8-19/h3-10H,2,11-18H2,1H3,(H,26,29). The van der Waals surface area contributed by atoms with E-state index in [0.29, 0.717) is 24.1 Å². The van der Waals surface area contributed by atoms with Crippen LogP contribution < -0.4 is 5.32 Å². The van der Waals surface area contributed by atoms with Crippen LogP contribution in [0.25, 0.3) is 0 Å². The van der Waals surface area contributed by atoms with Gasteiger partial charge in [-0.15, -0.1) is 0 Å². The van der Waals surface area contributed by atoms with E-state index in [2.05, 4.69) is 45.4 Å². The molecule has 2 aromatic rings. The number of nitrogens with one attached hydrogen (secondary N) is 1. The second kappa shape index (κ2) is 8.64. The summed E-state index contributed by atoms with van der Waals surface area (Å²) in [5.74, 6) is -0.288. The van der Waals surface area contributed by atoms with Crippen LogP contribution in [0.1, 0.15) is 37.3 Å². The maximum absolute atomic E-state index is 14.7. The Morgan fingerprint density at radius 2 is 1.76 bits per heavy atom. The summed E-state index contributed by atoms with van der Waals surface area (Å²) in [6.45, 7) is 6.89. The Morgan fingerprint density at radius 3 is 2.41 bits per heavy atom. The van der Waals surface area contributed by atoms with Crippen molar-refractivity contribution < 1.29 is 9.18 Å². The number of amides is 1. The van der Waals surface area contributed by atoms with Crippen LogP contribution in [0.4, 0.5) is 10.1 Å². The van der Waals surface area contributed by atoms with Crippen LogP contribution in [0.15, 0.2) is 48.5 Å². The Balaban J connectivity index is 1.40. The molecule has 154 valence electrons. The van der Waals surface area contributed by atoms with Crippen molar-refractivity contribution in [2.45, 2.75) is 44.7 Å². The number of carbonyl (C=O) groups excluding carboxylic acids is 1. The summed E-state index contributed by atoms with van der Waals surface area (Å²) < 4.78 is 14.7. The molecule has 2 fully saturated rings. The molecule has 1 aliphatic heterocycles. The van der Waals surface area contributed by atoms with Gasteiger partial charge in [0.25, 0.3) is 0 Å². The summed E-state index contributed by atoms with van der Waals surface area (Å²) in [6, 6.07) is 15.6. The molecule has 1 amide bonds. The fraction of sp³-hybridized carbons (Fsp3) is 0.458. The molecule has 4 nitrogen and oxygen atoms in total. The van der Waals surface area contributed by atoms with Gasteiger partial charge in [-0.25, -0.2) is 4.39 Å². The van der Waals surface area contributed by atoms with Crippen molar-refractivity contribution in [3.63, 3.8) is 0 Å². The second-order valence-electron chi connectivity index (χ2n) is 8.32. The number of anilines is 1. The van der Waals surface area contributed by atoms with E-state index in [1.807, 2.05) is 13.0 Å². The lowest BCUT2D eigenvalue weighted by atomic mass is 9.99. The van der Waals surface area contributed by atoms with E-state index in [4.69, 9.17) is 0 Å². The monoisotopic (exact) mass is 395 g/mol. The molecule has 1 heterocycles. The first kappa shape index (κ1) is 20.0. The van der Waals surface area contributed by atoms with Crippen molar-refractivity contribution in [1.29, 1.82) is 0 Å². The third-order valence-corrected chi connectivity index (χ3v) is 6.34. The lowest BCUT2D eigenvalue weighted by Gasteiger charge is -2.40. The molecule has 2 aromatic carbocycles. The first-order valence-electron chi connectivity index (χ1n) is 10.7. The van der Waals surface area contributed by atoms with Gasteiger partial charge in [-0.05, 0) is 37.0 Å². The van der Waals surface area contributed by atoms with Crippen molar-refractivity contribution in [2.75, 3.05) is 31.5 Å². The number of hydrogen-bond acceptors (Lipinski definition) is 3. The molecular weight excluding hydrogens is 365 g/mol. The van der Waals surface area contributed by atoms with E-state index in [0.717, 1.165) is 45.6 Å². The predicted octanol–water partition coefficient (Wildman–Crippen LogP) is 4.07. The molecular formula is C24H30FN3O. The Morgan fingerprint density at radius 1 is 1.03 bits per heavy atom. The summed E-state index contributed by atoms with van der Waals surface area (Å²) >= 11 is 0. The van der Waals surface area contributed by atoms with Crippen LogP contribution in [0, 0.1) is 5.82 Å². The van der Waals surface area contributed by atoms with Gasteiger partial charge >= 0.3 is 0 Å². The molecule has 29 heavy (non-hydrogen) atoms. The lowest BCUT2D eigenvalue weighted by molar-refractivity contribution is -0.115. The van der Waals surface area contributed by atoms with E-state index in [-0.39, 0.29) is 17.3 Å². The van der Waals surface area contributed by atoms with Crippen molar-refractivity contribution >= 4 is 11.6 Å². The summed E-state index contributed by atoms with van der Waals surface area (Å²) in [4.78, 5) is 16.9. The average molecular weight is 396 g/mol. The van der Waals surface area contributed by atoms with Gasteiger partial charge in [-0.2, -0.15) is 0 Å². The number of piperazine rings is 1. The van der Waals surface area contributed by atoms with Crippen molar-refractivity contribution in [3.05, 3.63) is 65.5 Å². The van der Waals surface area contributed by atoms with E-state index >= 15 is 0 Å². The molecule has 0 unspecified atom stereocenters. The van der Waals surface area contributed by atoms with Gasteiger partial charge in [0.05, 0.1) is 0 Å². The summed E-state index contributed by atoms with van der Waals surface area (Å²) in [5, 5.41) is 2.88. The van der Waals surface area contributed by atoms with Gasteiger partial charge in [0.15, 0.2) is 0 Å². The maximum Gasteiger partial charge on any atom is 0.224 e. The van der Waals surface area contributed by atoms with E-state index < -0.39 is 0 Å². The van der Waals surface area contributed by atoms with Crippen molar-refractivity contribution in [1.82, 2.24) is 9.80 Å². The third-order valence-electron chi connectivity index (χ3n) is 6.34. The van der Waals surface area contributed by atoms with E-state index in [9.17, 15) is 9.18 Å². The Bertz CT molecular complexity index is 842. The topological polar surface area (TPSA) is 35.6 Å². The van der Waals surface area contributed by atoms with Crippen LogP contribution in [0.2, 0.25) is 0 Å². The first-order valence-corrected chi connectivity index (χ1v) is 10.7. The minimum absolute atomic E-state index is 0.0483. The average Bonchev–Trinajstić information content (AvgIpc) is 3.52. The molecule has 1 aliphatic carbocycles. The highest BCUT2D eigenvalue weighted by Gasteiger charge is 2.49. The largest absolute Gasteiger partial charge is 0.326 e. The highest BCUT2D eigenvalue weighted by molar-refractivity contribution is 5.91. The zero-order valence-electron chi connectivity index (χ0n) is 17.2. The minimum Gasteiger partial charge on any atom is -0.326 e. The van der Waals surface area contributed by atoms with Gasteiger partial charge in [0.2, 0.25) is 5.91 Å². The highest BCUT2D eigenvalue weighted by Crippen LogP contribution is 2.46. The molecule has 0 atom stereocenters. The predicted molar refractivity (Wildman–Crippen MR) is 114 cm³/mol. The molecule has 0 spiro atoms.